The topological polar surface area (TPSA) is 12.0 Å². The Kier molecular flexibility index (Phi) is 1.87. The molecule has 2 rings (SSSR count). The SMILES string of the molecule is CC1=C(C)C(C)Nc2ccccc21. The lowest BCUT2D eigenvalue weighted by Gasteiger charge is -2.26. The van der Waals surface area contributed by atoms with Crippen molar-refractivity contribution in [3.63, 3.8) is 0 Å². The predicted octanol–water partition coefficient (Wildman–Crippen LogP) is 3.29. The van der Waals surface area contributed by atoms with Crippen LogP contribution in [0.15, 0.2) is 29.8 Å². The maximum absolute atomic E-state index is 3.48. The van der Waals surface area contributed by atoms with Crippen molar-refractivity contribution >= 4 is 11.3 Å². The van der Waals surface area contributed by atoms with Gasteiger partial charge in [0.1, 0.15) is 0 Å². The number of benzene rings is 1. The molecule has 1 heteroatoms. The first-order valence-electron chi connectivity index (χ1n) is 4.73. The Morgan fingerprint density at radius 3 is 2.62 bits per heavy atom. The lowest BCUT2D eigenvalue weighted by molar-refractivity contribution is 0.911. The second-order valence-electron chi connectivity index (χ2n) is 3.72. The molecule has 0 saturated heterocycles. The van der Waals surface area contributed by atoms with Crippen molar-refractivity contribution < 1.29 is 0 Å². The van der Waals surface area contributed by atoms with Gasteiger partial charge in [-0.25, -0.2) is 0 Å². The maximum atomic E-state index is 3.48. The van der Waals surface area contributed by atoms with Crippen LogP contribution in [-0.2, 0) is 0 Å². The zero-order valence-corrected chi connectivity index (χ0v) is 8.39. The van der Waals surface area contributed by atoms with E-state index in [0.29, 0.717) is 6.04 Å². The summed E-state index contributed by atoms with van der Waals surface area (Å²) in [5.41, 5.74) is 5.47. The average molecular weight is 173 g/mol. The van der Waals surface area contributed by atoms with Gasteiger partial charge in [0.15, 0.2) is 0 Å². The van der Waals surface area contributed by atoms with Crippen LogP contribution in [0.3, 0.4) is 0 Å². The highest BCUT2D eigenvalue weighted by molar-refractivity contribution is 5.81. The summed E-state index contributed by atoms with van der Waals surface area (Å²) in [4.78, 5) is 0. The van der Waals surface area contributed by atoms with E-state index in [1.54, 1.807) is 0 Å². The number of nitrogens with one attached hydrogen (secondary N) is 1. The second-order valence-corrected chi connectivity index (χ2v) is 3.72. The Morgan fingerprint density at radius 2 is 1.85 bits per heavy atom. The molecule has 1 aliphatic rings. The summed E-state index contributed by atoms with van der Waals surface area (Å²) in [6.45, 7) is 6.60. The summed E-state index contributed by atoms with van der Waals surface area (Å²) in [6, 6.07) is 8.95. The van der Waals surface area contributed by atoms with Gasteiger partial charge in [0.25, 0.3) is 0 Å². The third kappa shape index (κ3) is 1.24. The Morgan fingerprint density at radius 1 is 1.15 bits per heavy atom. The van der Waals surface area contributed by atoms with E-state index < -0.39 is 0 Å². The van der Waals surface area contributed by atoms with Gasteiger partial charge in [0.05, 0.1) is 0 Å². The fraction of sp³-hybridized carbons (Fsp3) is 0.333. The maximum Gasteiger partial charge on any atom is 0.0448 e. The molecule has 0 bridgehead atoms. The zero-order chi connectivity index (χ0) is 9.42. The predicted molar refractivity (Wildman–Crippen MR) is 57.8 cm³/mol. The van der Waals surface area contributed by atoms with Crippen LogP contribution in [0.4, 0.5) is 5.69 Å². The minimum absolute atomic E-state index is 0.467. The van der Waals surface area contributed by atoms with E-state index in [9.17, 15) is 0 Å². The van der Waals surface area contributed by atoms with Crippen molar-refractivity contribution in [1.82, 2.24) is 0 Å². The Bertz CT molecular complexity index is 363. The van der Waals surface area contributed by atoms with Gasteiger partial charge >= 0.3 is 0 Å². The second kappa shape index (κ2) is 2.91. The van der Waals surface area contributed by atoms with Crippen molar-refractivity contribution in [3.05, 3.63) is 35.4 Å². The summed E-state index contributed by atoms with van der Waals surface area (Å²) >= 11 is 0. The minimum Gasteiger partial charge on any atom is -0.378 e. The van der Waals surface area contributed by atoms with Gasteiger partial charge < -0.3 is 5.32 Å². The van der Waals surface area contributed by atoms with Crippen LogP contribution in [0.25, 0.3) is 5.57 Å². The van der Waals surface area contributed by atoms with E-state index in [1.807, 2.05) is 0 Å². The van der Waals surface area contributed by atoms with E-state index in [0.717, 1.165) is 0 Å². The summed E-state index contributed by atoms with van der Waals surface area (Å²) in [5, 5.41) is 3.48. The molecule has 0 fully saturated rings. The molecule has 0 aliphatic carbocycles. The third-order valence-electron chi connectivity index (χ3n) is 2.94. The summed E-state index contributed by atoms with van der Waals surface area (Å²) in [7, 11) is 0. The Labute approximate surface area is 79.5 Å². The van der Waals surface area contributed by atoms with Gasteiger partial charge in [-0.15, -0.1) is 0 Å². The summed E-state index contributed by atoms with van der Waals surface area (Å²) in [6.07, 6.45) is 0. The van der Waals surface area contributed by atoms with E-state index in [-0.39, 0.29) is 0 Å². The van der Waals surface area contributed by atoms with Crippen LogP contribution in [0.2, 0.25) is 0 Å². The molecule has 1 atom stereocenters. The largest absolute Gasteiger partial charge is 0.378 e. The van der Waals surface area contributed by atoms with Crippen LogP contribution in [0, 0.1) is 0 Å². The highest BCUT2D eigenvalue weighted by Gasteiger charge is 2.16. The molecule has 1 aromatic carbocycles. The highest BCUT2D eigenvalue weighted by atomic mass is 14.9. The van der Waals surface area contributed by atoms with Crippen LogP contribution >= 0.6 is 0 Å². The molecule has 0 amide bonds. The standard InChI is InChI=1S/C12H15N/c1-8-9(2)11-6-4-5-7-12(11)13-10(8)3/h4-7,10,13H,1-3H3. The van der Waals surface area contributed by atoms with Crippen molar-refractivity contribution in [3.8, 4) is 0 Å². The molecule has 13 heavy (non-hydrogen) atoms. The van der Waals surface area contributed by atoms with Gasteiger partial charge in [-0.2, -0.15) is 0 Å². The molecule has 68 valence electrons. The first-order chi connectivity index (χ1) is 6.20. The van der Waals surface area contributed by atoms with Crippen molar-refractivity contribution in [2.45, 2.75) is 26.8 Å². The molecule has 1 aromatic rings. The molecule has 0 spiro atoms. The molecule has 1 heterocycles. The molecule has 1 unspecified atom stereocenters. The smallest absolute Gasteiger partial charge is 0.0448 e. The summed E-state index contributed by atoms with van der Waals surface area (Å²) in [5.74, 6) is 0. The van der Waals surface area contributed by atoms with Crippen molar-refractivity contribution in [2.75, 3.05) is 5.32 Å². The molecule has 0 saturated carbocycles. The fourth-order valence-corrected chi connectivity index (χ4v) is 1.81. The number of hydrogen-bond acceptors (Lipinski definition) is 1. The Balaban J connectivity index is 2.59. The lowest BCUT2D eigenvalue weighted by atomic mass is 9.93. The number of allylic oxidation sites excluding steroid dienone is 1. The molecule has 1 aliphatic heterocycles. The van der Waals surface area contributed by atoms with Gasteiger partial charge in [0.2, 0.25) is 0 Å². The van der Waals surface area contributed by atoms with Gasteiger partial charge in [-0.05, 0) is 38.0 Å². The summed E-state index contributed by atoms with van der Waals surface area (Å²) < 4.78 is 0. The number of hydrogen-bond donors (Lipinski definition) is 1. The van der Waals surface area contributed by atoms with Gasteiger partial charge in [-0.3, -0.25) is 0 Å². The van der Waals surface area contributed by atoms with Crippen LogP contribution in [-0.4, -0.2) is 6.04 Å². The molecule has 0 aromatic heterocycles. The normalized spacial score (nSPS) is 21.0. The number of para-hydroxylation sites is 1. The number of anilines is 1. The average Bonchev–Trinajstić information content (AvgIpc) is 2.15. The zero-order valence-electron chi connectivity index (χ0n) is 8.39. The van der Waals surface area contributed by atoms with E-state index >= 15 is 0 Å². The van der Waals surface area contributed by atoms with Crippen LogP contribution in [0.5, 0.6) is 0 Å². The molecular formula is C12H15N. The molecule has 1 N–H and O–H groups in total. The number of fused-ring (bicyclic) bond motifs is 1. The monoisotopic (exact) mass is 173 g/mol. The lowest BCUT2D eigenvalue weighted by Crippen LogP contribution is -2.21. The Hall–Kier alpha value is -1.24. The fourth-order valence-electron chi connectivity index (χ4n) is 1.81. The quantitative estimate of drug-likeness (QED) is 0.634. The molecular weight excluding hydrogens is 158 g/mol. The molecule has 1 nitrogen and oxygen atoms in total. The van der Waals surface area contributed by atoms with E-state index in [2.05, 4.69) is 50.4 Å². The van der Waals surface area contributed by atoms with Crippen molar-refractivity contribution in [1.29, 1.82) is 0 Å². The highest BCUT2D eigenvalue weighted by Crippen LogP contribution is 2.32. The van der Waals surface area contributed by atoms with Gasteiger partial charge in [0, 0.05) is 17.3 Å². The van der Waals surface area contributed by atoms with Crippen molar-refractivity contribution in [2.24, 2.45) is 0 Å². The minimum atomic E-state index is 0.467. The van der Waals surface area contributed by atoms with Gasteiger partial charge in [-0.1, -0.05) is 18.2 Å². The number of rotatable bonds is 0. The van der Waals surface area contributed by atoms with E-state index in [4.69, 9.17) is 0 Å². The van der Waals surface area contributed by atoms with E-state index in [1.165, 1.54) is 22.4 Å². The molecule has 0 radical (unpaired) electrons. The van der Waals surface area contributed by atoms with Crippen LogP contribution in [0.1, 0.15) is 26.3 Å². The van der Waals surface area contributed by atoms with Crippen LogP contribution < -0.4 is 5.32 Å². The first-order valence-corrected chi connectivity index (χ1v) is 4.73. The third-order valence-corrected chi connectivity index (χ3v) is 2.94. The first kappa shape index (κ1) is 8.36.